The van der Waals surface area contributed by atoms with E-state index in [9.17, 15) is 4.39 Å². The van der Waals surface area contributed by atoms with E-state index in [1.54, 1.807) is 12.1 Å². The van der Waals surface area contributed by atoms with Gasteiger partial charge >= 0.3 is 0 Å². The number of likely N-dealkylation sites (tertiary alicyclic amines) is 1. The molecule has 3 rings (SSSR count). The summed E-state index contributed by atoms with van der Waals surface area (Å²) < 4.78 is 12.9. The normalized spacial score (nSPS) is 30.9. The molecule has 2 aliphatic rings. The van der Waals surface area contributed by atoms with Gasteiger partial charge in [0.15, 0.2) is 0 Å². The first kappa shape index (κ1) is 15.7. The van der Waals surface area contributed by atoms with Crippen molar-refractivity contribution >= 4 is 12.4 Å². The van der Waals surface area contributed by atoms with E-state index in [4.69, 9.17) is 5.73 Å². The van der Waals surface area contributed by atoms with Gasteiger partial charge in [0.25, 0.3) is 0 Å². The second-order valence-electron chi connectivity index (χ2n) is 6.34. The molecule has 0 aromatic heterocycles. The van der Waals surface area contributed by atoms with Crippen LogP contribution in [0, 0.1) is 17.7 Å². The van der Waals surface area contributed by atoms with E-state index in [1.807, 2.05) is 12.1 Å². The molecule has 1 aromatic rings. The van der Waals surface area contributed by atoms with Crippen molar-refractivity contribution in [1.29, 1.82) is 0 Å². The highest BCUT2D eigenvalue weighted by Crippen LogP contribution is 2.37. The van der Waals surface area contributed by atoms with Crippen LogP contribution < -0.4 is 5.73 Å². The summed E-state index contributed by atoms with van der Waals surface area (Å²) in [5, 5.41) is 0. The summed E-state index contributed by atoms with van der Waals surface area (Å²) in [5.74, 6) is 1.82. The Morgan fingerprint density at radius 3 is 2.60 bits per heavy atom. The van der Waals surface area contributed by atoms with Crippen LogP contribution in [0.2, 0.25) is 0 Å². The number of hydrogen-bond donors (Lipinski definition) is 1. The predicted octanol–water partition coefficient (Wildman–Crippen LogP) is 3.02. The third kappa shape index (κ3) is 3.16. The maximum atomic E-state index is 12.9. The Labute approximate surface area is 126 Å². The summed E-state index contributed by atoms with van der Waals surface area (Å²) in [5.41, 5.74) is 7.40. The number of halogens is 2. The Bertz CT molecular complexity index is 437. The van der Waals surface area contributed by atoms with E-state index in [0.29, 0.717) is 17.9 Å². The van der Waals surface area contributed by atoms with Crippen LogP contribution in [0.3, 0.4) is 0 Å². The van der Waals surface area contributed by atoms with Crippen LogP contribution in [0.15, 0.2) is 24.3 Å². The van der Waals surface area contributed by atoms with Gasteiger partial charge in [-0.25, -0.2) is 4.39 Å². The third-order valence-corrected chi connectivity index (χ3v) is 4.96. The Balaban J connectivity index is 0.00000147. The summed E-state index contributed by atoms with van der Waals surface area (Å²) in [6.07, 6.45) is 2.50. The minimum atomic E-state index is -0.155. The van der Waals surface area contributed by atoms with Gasteiger partial charge in [0.05, 0.1) is 0 Å². The minimum Gasteiger partial charge on any atom is -0.327 e. The average molecular weight is 299 g/mol. The second kappa shape index (κ2) is 6.42. The van der Waals surface area contributed by atoms with E-state index < -0.39 is 0 Å². The molecular formula is C16H24ClFN2. The Hall–Kier alpha value is -0.640. The lowest BCUT2D eigenvalue weighted by molar-refractivity contribution is 0.291. The highest BCUT2D eigenvalue weighted by Gasteiger charge is 2.40. The quantitative estimate of drug-likeness (QED) is 0.929. The number of benzene rings is 1. The molecule has 2 fully saturated rings. The fraction of sp³-hybridized carbons (Fsp3) is 0.625. The monoisotopic (exact) mass is 298 g/mol. The summed E-state index contributed by atoms with van der Waals surface area (Å²) in [6.45, 7) is 5.63. The summed E-state index contributed by atoms with van der Waals surface area (Å²) >= 11 is 0. The molecule has 0 spiro atoms. The van der Waals surface area contributed by atoms with Crippen LogP contribution in [0.4, 0.5) is 4.39 Å². The molecule has 2 nitrogen and oxygen atoms in total. The lowest BCUT2D eigenvalue weighted by Crippen LogP contribution is -2.31. The third-order valence-electron chi connectivity index (χ3n) is 4.96. The lowest BCUT2D eigenvalue weighted by Gasteiger charge is -2.22. The van der Waals surface area contributed by atoms with E-state index in [2.05, 4.69) is 11.8 Å². The first-order valence-corrected chi connectivity index (χ1v) is 7.37. The zero-order valence-electron chi connectivity index (χ0n) is 12.0. The van der Waals surface area contributed by atoms with Crippen LogP contribution in [0.5, 0.6) is 0 Å². The van der Waals surface area contributed by atoms with Crippen molar-refractivity contribution in [2.24, 2.45) is 17.6 Å². The first-order chi connectivity index (χ1) is 9.13. The van der Waals surface area contributed by atoms with Crippen LogP contribution in [0.1, 0.15) is 31.2 Å². The van der Waals surface area contributed by atoms with E-state index in [-0.39, 0.29) is 18.2 Å². The fourth-order valence-electron chi connectivity index (χ4n) is 3.83. The number of nitrogens with zero attached hydrogens (tertiary/aromatic N) is 1. The topological polar surface area (TPSA) is 29.3 Å². The van der Waals surface area contributed by atoms with Gasteiger partial charge in [-0.2, -0.15) is 0 Å². The number of hydrogen-bond acceptors (Lipinski definition) is 2. The molecule has 1 heterocycles. The predicted molar refractivity (Wildman–Crippen MR) is 82.7 cm³/mol. The minimum absolute atomic E-state index is 0. The van der Waals surface area contributed by atoms with Gasteiger partial charge in [0.2, 0.25) is 0 Å². The van der Waals surface area contributed by atoms with Gasteiger partial charge in [0, 0.05) is 25.7 Å². The molecule has 1 saturated carbocycles. The Kier molecular flexibility index (Phi) is 5.05. The maximum Gasteiger partial charge on any atom is 0.123 e. The Morgan fingerprint density at radius 1 is 1.25 bits per heavy atom. The molecular weight excluding hydrogens is 275 g/mol. The van der Waals surface area contributed by atoms with Crippen molar-refractivity contribution in [2.45, 2.75) is 31.7 Å². The van der Waals surface area contributed by atoms with Gasteiger partial charge in [-0.1, -0.05) is 19.1 Å². The zero-order valence-corrected chi connectivity index (χ0v) is 12.8. The van der Waals surface area contributed by atoms with Gasteiger partial charge in [-0.3, -0.25) is 0 Å². The molecule has 2 N–H and O–H groups in total. The van der Waals surface area contributed by atoms with Crippen LogP contribution in [-0.4, -0.2) is 30.6 Å². The number of nitrogens with two attached hydrogens (primary N) is 1. The summed E-state index contributed by atoms with van der Waals surface area (Å²) in [7, 11) is 0. The van der Waals surface area contributed by atoms with Crippen molar-refractivity contribution in [2.75, 3.05) is 19.6 Å². The largest absolute Gasteiger partial charge is 0.327 e. The van der Waals surface area contributed by atoms with Crippen LogP contribution >= 0.6 is 12.4 Å². The van der Waals surface area contributed by atoms with Gasteiger partial charge in [-0.05, 0) is 48.3 Å². The van der Waals surface area contributed by atoms with E-state index in [1.165, 1.54) is 24.9 Å². The summed E-state index contributed by atoms with van der Waals surface area (Å²) in [4.78, 5) is 2.54. The molecule has 4 unspecified atom stereocenters. The fourth-order valence-corrected chi connectivity index (χ4v) is 3.83. The molecule has 1 saturated heterocycles. The standard InChI is InChI=1S/C16H23FN2.ClH/c1-11(12-2-5-14(17)6-3-12)8-19-9-13-4-7-16(18)15(13)10-19;/h2-3,5-6,11,13,15-16H,4,7-10,18H2,1H3;1H. The molecule has 0 amide bonds. The molecule has 0 bridgehead atoms. The molecule has 112 valence electrons. The van der Waals surface area contributed by atoms with Crippen molar-refractivity contribution in [3.63, 3.8) is 0 Å². The van der Waals surface area contributed by atoms with Gasteiger partial charge in [0.1, 0.15) is 5.82 Å². The molecule has 1 aliphatic carbocycles. The lowest BCUT2D eigenvalue weighted by atomic mass is 9.98. The van der Waals surface area contributed by atoms with E-state index in [0.717, 1.165) is 19.0 Å². The summed E-state index contributed by atoms with van der Waals surface area (Å²) in [6, 6.07) is 7.34. The first-order valence-electron chi connectivity index (χ1n) is 7.37. The van der Waals surface area contributed by atoms with Gasteiger partial charge < -0.3 is 10.6 Å². The Morgan fingerprint density at radius 2 is 1.95 bits per heavy atom. The highest BCUT2D eigenvalue weighted by molar-refractivity contribution is 5.85. The zero-order chi connectivity index (χ0) is 13.4. The maximum absolute atomic E-state index is 12.9. The van der Waals surface area contributed by atoms with Crippen LogP contribution in [-0.2, 0) is 0 Å². The molecule has 4 heteroatoms. The van der Waals surface area contributed by atoms with Gasteiger partial charge in [-0.15, -0.1) is 12.4 Å². The molecule has 0 radical (unpaired) electrons. The van der Waals surface area contributed by atoms with E-state index >= 15 is 0 Å². The molecule has 20 heavy (non-hydrogen) atoms. The van der Waals surface area contributed by atoms with Crippen molar-refractivity contribution in [1.82, 2.24) is 4.90 Å². The van der Waals surface area contributed by atoms with Crippen molar-refractivity contribution < 1.29 is 4.39 Å². The van der Waals surface area contributed by atoms with Crippen LogP contribution in [0.25, 0.3) is 0 Å². The van der Waals surface area contributed by atoms with Crippen molar-refractivity contribution in [3.8, 4) is 0 Å². The molecule has 1 aromatic carbocycles. The SMILES string of the molecule is CC(CN1CC2CCC(N)C2C1)c1ccc(F)cc1.Cl. The number of rotatable bonds is 3. The molecule has 4 atom stereocenters. The second-order valence-corrected chi connectivity index (χ2v) is 6.34. The highest BCUT2D eigenvalue weighted by atomic mass is 35.5. The smallest absolute Gasteiger partial charge is 0.123 e. The van der Waals surface area contributed by atoms with Crippen molar-refractivity contribution in [3.05, 3.63) is 35.6 Å². The number of fused-ring (bicyclic) bond motifs is 1. The molecule has 1 aliphatic heterocycles. The average Bonchev–Trinajstić information content (AvgIpc) is 2.93.